The molecule has 6 heteroatoms. The number of para-hydroxylation sites is 1. The zero-order valence-corrected chi connectivity index (χ0v) is 13.1. The third-order valence-electron chi connectivity index (χ3n) is 3.73. The number of carbonyl (C=O) groups excluding carboxylic acids is 3. The van der Waals surface area contributed by atoms with Crippen LogP contribution in [-0.2, 0) is 4.79 Å². The second-order valence-electron chi connectivity index (χ2n) is 5.36. The van der Waals surface area contributed by atoms with Gasteiger partial charge in [-0.25, -0.2) is 0 Å². The first-order valence-electron chi connectivity index (χ1n) is 7.51. The number of benzene rings is 2. The van der Waals surface area contributed by atoms with E-state index in [0.717, 1.165) is 4.90 Å². The lowest BCUT2D eigenvalue weighted by atomic mass is 10.1. The van der Waals surface area contributed by atoms with Gasteiger partial charge in [-0.05, 0) is 24.3 Å². The molecule has 3 rings (SSSR count). The van der Waals surface area contributed by atoms with Crippen LogP contribution in [0.15, 0.2) is 48.5 Å². The predicted molar refractivity (Wildman–Crippen MR) is 88.0 cm³/mol. The van der Waals surface area contributed by atoms with Crippen molar-refractivity contribution in [2.24, 2.45) is 0 Å². The second kappa shape index (κ2) is 6.54. The van der Waals surface area contributed by atoms with Crippen LogP contribution in [0, 0.1) is 0 Å². The maximum absolute atomic E-state index is 12.1. The van der Waals surface area contributed by atoms with Crippen molar-refractivity contribution in [3.8, 4) is 5.75 Å². The minimum absolute atomic E-state index is 0.135. The zero-order chi connectivity index (χ0) is 17.1. The van der Waals surface area contributed by atoms with E-state index < -0.39 is 5.91 Å². The maximum atomic E-state index is 12.1. The van der Waals surface area contributed by atoms with Gasteiger partial charge in [-0.3, -0.25) is 19.3 Å². The van der Waals surface area contributed by atoms with Gasteiger partial charge in [0.2, 0.25) is 5.91 Å². The number of anilines is 1. The van der Waals surface area contributed by atoms with Gasteiger partial charge in [-0.1, -0.05) is 24.3 Å². The Morgan fingerprint density at radius 3 is 2.54 bits per heavy atom. The smallest absolute Gasteiger partial charge is 0.263 e. The molecule has 0 saturated heterocycles. The molecule has 0 atom stereocenters. The average molecular weight is 324 g/mol. The standard InChI is InChI=1S/C18H16N2O4/c1-20-17(22)13-8-5-9-14(16(13)18(20)23)19-15(21)10-11-24-12-6-3-2-4-7-12/h2-9H,10-11H2,1H3,(H,19,21). The summed E-state index contributed by atoms with van der Waals surface area (Å²) in [6, 6.07) is 14.0. The lowest BCUT2D eigenvalue weighted by Gasteiger charge is -2.09. The minimum atomic E-state index is -0.411. The third kappa shape index (κ3) is 2.99. The summed E-state index contributed by atoms with van der Waals surface area (Å²) >= 11 is 0. The van der Waals surface area contributed by atoms with Gasteiger partial charge < -0.3 is 10.1 Å². The third-order valence-corrected chi connectivity index (χ3v) is 3.73. The van der Waals surface area contributed by atoms with Gasteiger partial charge in [0.15, 0.2) is 0 Å². The topological polar surface area (TPSA) is 75.7 Å². The molecule has 1 N–H and O–H groups in total. The first kappa shape index (κ1) is 15.7. The average Bonchev–Trinajstić information content (AvgIpc) is 2.81. The normalized spacial score (nSPS) is 13.0. The van der Waals surface area contributed by atoms with E-state index in [1.807, 2.05) is 30.3 Å². The van der Waals surface area contributed by atoms with Gasteiger partial charge in [0, 0.05) is 7.05 Å². The Balaban J connectivity index is 1.64. The highest BCUT2D eigenvalue weighted by atomic mass is 16.5. The van der Waals surface area contributed by atoms with E-state index in [2.05, 4.69) is 5.32 Å². The van der Waals surface area contributed by atoms with Gasteiger partial charge in [0.1, 0.15) is 5.75 Å². The summed E-state index contributed by atoms with van der Waals surface area (Å²) in [5.74, 6) is -0.368. The molecule has 0 bridgehead atoms. The van der Waals surface area contributed by atoms with Crippen LogP contribution >= 0.6 is 0 Å². The second-order valence-corrected chi connectivity index (χ2v) is 5.36. The van der Waals surface area contributed by atoms with Gasteiger partial charge in [-0.2, -0.15) is 0 Å². The van der Waals surface area contributed by atoms with Crippen LogP contribution in [0.1, 0.15) is 27.1 Å². The first-order chi connectivity index (χ1) is 11.6. The van der Waals surface area contributed by atoms with Crippen LogP contribution in [0.2, 0.25) is 0 Å². The number of rotatable bonds is 5. The van der Waals surface area contributed by atoms with E-state index in [1.54, 1.807) is 18.2 Å². The molecule has 0 radical (unpaired) electrons. The molecule has 6 nitrogen and oxygen atoms in total. The predicted octanol–water partition coefficient (Wildman–Crippen LogP) is 2.32. The number of fused-ring (bicyclic) bond motifs is 1. The lowest BCUT2D eigenvalue weighted by molar-refractivity contribution is -0.116. The minimum Gasteiger partial charge on any atom is -0.493 e. The molecule has 1 aliphatic heterocycles. The van der Waals surface area contributed by atoms with Crippen LogP contribution in [0.5, 0.6) is 5.75 Å². The molecule has 1 heterocycles. The van der Waals surface area contributed by atoms with Gasteiger partial charge in [-0.15, -0.1) is 0 Å². The molecule has 0 unspecified atom stereocenters. The molecular formula is C18H16N2O4. The molecule has 2 aromatic rings. The van der Waals surface area contributed by atoms with Gasteiger partial charge in [0.05, 0.1) is 29.8 Å². The molecule has 24 heavy (non-hydrogen) atoms. The molecule has 3 amide bonds. The Hall–Kier alpha value is -3.15. The van der Waals surface area contributed by atoms with Crippen LogP contribution < -0.4 is 10.1 Å². The van der Waals surface area contributed by atoms with Crippen molar-refractivity contribution in [3.05, 3.63) is 59.7 Å². The summed E-state index contributed by atoms with van der Waals surface area (Å²) in [4.78, 5) is 37.2. The number of hydrogen-bond donors (Lipinski definition) is 1. The highest BCUT2D eigenvalue weighted by Crippen LogP contribution is 2.28. The molecule has 0 aromatic heterocycles. The van der Waals surface area contributed by atoms with Crippen molar-refractivity contribution in [1.29, 1.82) is 0 Å². The van der Waals surface area contributed by atoms with Crippen molar-refractivity contribution in [2.75, 3.05) is 19.0 Å². The quantitative estimate of drug-likeness (QED) is 0.857. The van der Waals surface area contributed by atoms with Crippen molar-refractivity contribution < 1.29 is 19.1 Å². The van der Waals surface area contributed by atoms with Gasteiger partial charge in [0.25, 0.3) is 11.8 Å². The maximum Gasteiger partial charge on any atom is 0.263 e. The highest BCUT2D eigenvalue weighted by Gasteiger charge is 2.35. The molecule has 0 spiro atoms. The van der Waals surface area contributed by atoms with Crippen LogP contribution in [-0.4, -0.2) is 36.3 Å². The number of nitrogens with zero attached hydrogens (tertiary/aromatic N) is 1. The van der Waals surface area contributed by atoms with Crippen molar-refractivity contribution in [3.63, 3.8) is 0 Å². The Morgan fingerprint density at radius 2 is 1.79 bits per heavy atom. The van der Waals surface area contributed by atoms with E-state index >= 15 is 0 Å². The summed E-state index contributed by atoms with van der Waals surface area (Å²) in [7, 11) is 1.42. The van der Waals surface area contributed by atoms with Crippen LogP contribution in [0.3, 0.4) is 0 Å². The van der Waals surface area contributed by atoms with Crippen LogP contribution in [0.25, 0.3) is 0 Å². The Labute approximate surface area is 139 Å². The number of imide groups is 1. The van der Waals surface area contributed by atoms with Gasteiger partial charge >= 0.3 is 0 Å². The summed E-state index contributed by atoms with van der Waals surface area (Å²) in [6.45, 7) is 0.220. The summed E-state index contributed by atoms with van der Waals surface area (Å²) in [5.41, 5.74) is 0.892. The Bertz CT molecular complexity index is 802. The van der Waals surface area contributed by atoms with Crippen LogP contribution in [0.4, 0.5) is 5.69 Å². The summed E-state index contributed by atoms with van der Waals surface area (Å²) in [5, 5.41) is 2.68. The fraction of sp³-hybridized carbons (Fsp3) is 0.167. The van der Waals surface area contributed by atoms with E-state index in [-0.39, 0.29) is 30.4 Å². The number of ether oxygens (including phenoxy) is 1. The number of carbonyl (C=O) groups is 3. The molecule has 0 fully saturated rings. The van der Waals surface area contributed by atoms with Crippen molar-refractivity contribution >= 4 is 23.4 Å². The van der Waals surface area contributed by atoms with E-state index in [0.29, 0.717) is 17.0 Å². The molecule has 0 saturated carbocycles. The fourth-order valence-corrected chi connectivity index (χ4v) is 2.50. The molecule has 2 aromatic carbocycles. The Kier molecular flexibility index (Phi) is 4.29. The first-order valence-corrected chi connectivity index (χ1v) is 7.51. The largest absolute Gasteiger partial charge is 0.493 e. The molecule has 0 aliphatic carbocycles. The number of amides is 3. The SMILES string of the molecule is CN1C(=O)c2cccc(NC(=O)CCOc3ccccc3)c2C1=O. The van der Waals surface area contributed by atoms with E-state index in [9.17, 15) is 14.4 Å². The number of nitrogens with one attached hydrogen (secondary N) is 1. The lowest BCUT2D eigenvalue weighted by Crippen LogP contribution is -2.24. The Morgan fingerprint density at radius 1 is 1.04 bits per heavy atom. The van der Waals surface area contributed by atoms with E-state index in [1.165, 1.54) is 7.05 Å². The summed E-state index contributed by atoms with van der Waals surface area (Å²) < 4.78 is 5.47. The monoisotopic (exact) mass is 324 g/mol. The highest BCUT2D eigenvalue weighted by molar-refractivity contribution is 6.24. The molecular weight excluding hydrogens is 308 g/mol. The zero-order valence-electron chi connectivity index (χ0n) is 13.1. The van der Waals surface area contributed by atoms with E-state index in [4.69, 9.17) is 4.74 Å². The van der Waals surface area contributed by atoms with Crippen molar-refractivity contribution in [2.45, 2.75) is 6.42 Å². The number of hydrogen-bond acceptors (Lipinski definition) is 4. The van der Waals surface area contributed by atoms with Crippen molar-refractivity contribution in [1.82, 2.24) is 4.90 Å². The molecule has 122 valence electrons. The fourth-order valence-electron chi connectivity index (χ4n) is 2.50. The molecule has 1 aliphatic rings. The summed E-state index contributed by atoms with van der Waals surface area (Å²) in [6.07, 6.45) is 0.135.